The second kappa shape index (κ2) is 19.8. The molecule has 0 aliphatic rings. The molecule has 0 aromatic rings. The molecule has 1 unspecified atom stereocenters. The van der Waals surface area contributed by atoms with E-state index in [4.69, 9.17) is 0 Å². The maximum atomic E-state index is 3.92. The van der Waals surface area contributed by atoms with Crippen LogP contribution in [0.25, 0.3) is 0 Å². The van der Waals surface area contributed by atoms with Gasteiger partial charge in [0.15, 0.2) is 0 Å². The molecule has 0 N–H and O–H groups in total. The predicted molar refractivity (Wildman–Crippen MR) is 108 cm³/mol. The fourth-order valence-electron chi connectivity index (χ4n) is 3.13. The molecule has 0 heterocycles. The molecule has 0 spiro atoms. The van der Waals surface area contributed by atoms with E-state index in [0.29, 0.717) is 0 Å². The number of allylic oxidation sites excluding steroid dienone is 2. The second-order valence-electron chi connectivity index (χ2n) is 7.33. The largest absolute Gasteiger partial charge is 0.0885 e. The summed E-state index contributed by atoms with van der Waals surface area (Å²) in [6.07, 6.45) is 27.7. The summed E-state index contributed by atoms with van der Waals surface area (Å²) in [6, 6.07) is 0. The Labute approximate surface area is 148 Å². The minimum atomic E-state index is 0.908. The summed E-state index contributed by atoms with van der Waals surface area (Å²) in [7, 11) is 0. The van der Waals surface area contributed by atoms with Crippen molar-refractivity contribution in [3.63, 3.8) is 0 Å². The first-order valence-electron chi connectivity index (χ1n) is 10.5. The Hall–Kier alpha value is -0.260. The quantitative estimate of drug-likeness (QED) is 0.175. The monoisotopic (exact) mass is 320 g/mol. The summed E-state index contributed by atoms with van der Waals surface area (Å²) in [6.45, 7) is 10.2. The van der Waals surface area contributed by atoms with Crippen LogP contribution in [0.3, 0.4) is 0 Å². The van der Waals surface area contributed by atoms with Gasteiger partial charge >= 0.3 is 0 Å². The molecule has 0 heteroatoms. The lowest BCUT2D eigenvalue weighted by Gasteiger charge is -2.09. The van der Waals surface area contributed by atoms with E-state index in [0.717, 1.165) is 18.8 Å². The van der Waals surface area contributed by atoms with Gasteiger partial charge in [0.05, 0.1) is 0 Å². The molecule has 136 valence electrons. The van der Waals surface area contributed by atoms with Gasteiger partial charge in [-0.15, -0.1) is 0 Å². The third kappa shape index (κ3) is 19.7. The van der Waals surface area contributed by atoms with Crippen molar-refractivity contribution in [1.29, 1.82) is 0 Å². The molecule has 23 heavy (non-hydrogen) atoms. The highest BCUT2D eigenvalue weighted by atomic mass is 14.1. The first-order chi connectivity index (χ1) is 11.3. The normalized spacial score (nSPS) is 13.0. The molecular formula is C23H44. The van der Waals surface area contributed by atoms with Crippen molar-refractivity contribution in [3.05, 3.63) is 26.0 Å². The van der Waals surface area contributed by atoms with Crippen LogP contribution in [0.2, 0.25) is 0 Å². The van der Waals surface area contributed by atoms with Gasteiger partial charge in [-0.25, -0.2) is 0 Å². The summed E-state index contributed by atoms with van der Waals surface area (Å²) in [5, 5.41) is 0. The molecule has 0 aromatic carbocycles. The summed E-state index contributed by atoms with van der Waals surface area (Å²) >= 11 is 0. The van der Waals surface area contributed by atoms with Crippen LogP contribution in [-0.2, 0) is 0 Å². The van der Waals surface area contributed by atoms with E-state index in [1.165, 1.54) is 96.3 Å². The molecular weight excluding hydrogens is 276 g/mol. The van der Waals surface area contributed by atoms with E-state index in [9.17, 15) is 0 Å². The van der Waals surface area contributed by atoms with Crippen LogP contribution in [-0.4, -0.2) is 0 Å². The van der Waals surface area contributed by atoms with Crippen LogP contribution in [0.5, 0.6) is 0 Å². The molecule has 1 atom stereocenters. The average Bonchev–Trinajstić information content (AvgIpc) is 2.56. The summed E-state index contributed by atoms with van der Waals surface area (Å²) < 4.78 is 0. The first kappa shape index (κ1) is 22.7. The van der Waals surface area contributed by atoms with Gasteiger partial charge in [-0.3, -0.25) is 0 Å². The molecule has 2 radical (unpaired) electrons. The van der Waals surface area contributed by atoms with E-state index >= 15 is 0 Å². The molecule has 0 saturated heterocycles. The van der Waals surface area contributed by atoms with Crippen LogP contribution < -0.4 is 0 Å². The third-order valence-corrected chi connectivity index (χ3v) is 4.80. The van der Waals surface area contributed by atoms with Crippen molar-refractivity contribution in [2.24, 2.45) is 5.92 Å². The van der Waals surface area contributed by atoms with Crippen molar-refractivity contribution in [2.45, 2.75) is 116 Å². The Bertz CT molecular complexity index is 228. The third-order valence-electron chi connectivity index (χ3n) is 4.80. The second-order valence-corrected chi connectivity index (χ2v) is 7.33. The molecule has 0 bridgehead atoms. The van der Waals surface area contributed by atoms with Crippen molar-refractivity contribution < 1.29 is 0 Å². The van der Waals surface area contributed by atoms with Gasteiger partial charge in [0.1, 0.15) is 0 Å². The number of unbranched alkanes of at least 4 members (excludes halogenated alkanes) is 12. The number of hydrogen-bond acceptors (Lipinski definition) is 0. The molecule has 0 aliphatic heterocycles. The highest BCUT2D eigenvalue weighted by Gasteiger charge is 2.00. The van der Waals surface area contributed by atoms with Crippen LogP contribution in [0, 0.1) is 19.8 Å². The zero-order valence-corrected chi connectivity index (χ0v) is 16.2. The van der Waals surface area contributed by atoms with Gasteiger partial charge in [-0.1, -0.05) is 116 Å². The summed E-state index contributed by atoms with van der Waals surface area (Å²) in [5.41, 5.74) is 0. The van der Waals surface area contributed by atoms with Crippen LogP contribution in [0.15, 0.2) is 12.2 Å². The van der Waals surface area contributed by atoms with E-state index in [2.05, 4.69) is 32.9 Å². The Morgan fingerprint density at radius 1 is 0.565 bits per heavy atom. The van der Waals surface area contributed by atoms with Crippen LogP contribution in [0.1, 0.15) is 116 Å². The predicted octanol–water partition coefficient (Wildman–Crippen LogP) is 8.48. The summed E-state index contributed by atoms with van der Waals surface area (Å²) in [5.74, 6) is 0.908. The average molecular weight is 321 g/mol. The smallest absolute Gasteiger partial charge is 0.0351 e. The molecule has 0 amide bonds. The minimum Gasteiger partial charge on any atom is -0.0885 e. The lowest BCUT2D eigenvalue weighted by Crippen LogP contribution is -1.94. The Morgan fingerprint density at radius 2 is 1.00 bits per heavy atom. The Kier molecular flexibility index (Phi) is 19.6. The standard InChI is InChI=1S/C23H44/c1-4-6-8-9-10-11-12-13-14-15-16-17-18-19-20-22-23(3)21-7-5-2/h15-16,23H,1-2,4-14,17-22H2,3H3/b16-15+. The Morgan fingerprint density at radius 3 is 1.57 bits per heavy atom. The maximum Gasteiger partial charge on any atom is -0.0351 e. The van der Waals surface area contributed by atoms with Gasteiger partial charge in [0.25, 0.3) is 0 Å². The zero-order chi connectivity index (χ0) is 17.0. The SMILES string of the molecule is [CH2]CCCCCCCCC/C=C/CCCCCC(C)CCC[CH2]. The molecule has 0 fully saturated rings. The van der Waals surface area contributed by atoms with Crippen LogP contribution in [0.4, 0.5) is 0 Å². The molecule has 0 aromatic heterocycles. The minimum absolute atomic E-state index is 0.908. The van der Waals surface area contributed by atoms with Gasteiger partial charge in [0, 0.05) is 0 Å². The van der Waals surface area contributed by atoms with Gasteiger partial charge in [0.2, 0.25) is 0 Å². The van der Waals surface area contributed by atoms with Crippen molar-refractivity contribution in [1.82, 2.24) is 0 Å². The molecule has 0 nitrogen and oxygen atoms in total. The van der Waals surface area contributed by atoms with Crippen LogP contribution >= 0.6 is 0 Å². The zero-order valence-electron chi connectivity index (χ0n) is 16.2. The molecule has 0 saturated carbocycles. The maximum absolute atomic E-state index is 3.92. The summed E-state index contributed by atoms with van der Waals surface area (Å²) in [4.78, 5) is 0. The highest BCUT2D eigenvalue weighted by molar-refractivity contribution is 4.81. The van der Waals surface area contributed by atoms with E-state index in [1.54, 1.807) is 0 Å². The fourth-order valence-corrected chi connectivity index (χ4v) is 3.13. The van der Waals surface area contributed by atoms with Crippen molar-refractivity contribution in [2.75, 3.05) is 0 Å². The topological polar surface area (TPSA) is 0 Å². The first-order valence-corrected chi connectivity index (χ1v) is 10.5. The van der Waals surface area contributed by atoms with E-state index < -0.39 is 0 Å². The Balaban J connectivity index is 3.14. The lowest BCUT2D eigenvalue weighted by molar-refractivity contribution is 0.450. The van der Waals surface area contributed by atoms with Crippen molar-refractivity contribution >= 4 is 0 Å². The highest BCUT2D eigenvalue weighted by Crippen LogP contribution is 2.16. The lowest BCUT2D eigenvalue weighted by atomic mass is 9.97. The van der Waals surface area contributed by atoms with E-state index in [-0.39, 0.29) is 0 Å². The fraction of sp³-hybridized carbons (Fsp3) is 0.826. The van der Waals surface area contributed by atoms with Gasteiger partial charge < -0.3 is 0 Å². The van der Waals surface area contributed by atoms with E-state index in [1.807, 2.05) is 0 Å². The van der Waals surface area contributed by atoms with Crippen molar-refractivity contribution in [3.8, 4) is 0 Å². The number of hydrogen-bond donors (Lipinski definition) is 0. The van der Waals surface area contributed by atoms with Gasteiger partial charge in [-0.05, 0) is 31.6 Å². The molecule has 0 rings (SSSR count). The number of rotatable bonds is 18. The molecule has 0 aliphatic carbocycles. The van der Waals surface area contributed by atoms with Gasteiger partial charge in [-0.2, -0.15) is 0 Å².